The van der Waals surface area contributed by atoms with Gasteiger partial charge in [-0.25, -0.2) is 0 Å². The summed E-state index contributed by atoms with van der Waals surface area (Å²) in [7, 11) is 1.65. The quantitative estimate of drug-likeness (QED) is 0.755. The Labute approximate surface area is 108 Å². The second-order valence-electron chi connectivity index (χ2n) is 4.00. The van der Waals surface area contributed by atoms with Crippen LogP contribution in [0, 0.1) is 0 Å². The zero-order valence-corrected chi connectivity index (χ0v) is 11.2. The lowest BCUT2D eigenvalue weighted by atomic mass is 10.1. The fourth-order valence-electron chi connectivity index (χ4n) is 1.63. The number of ether oxygens (including phenoxy) is 2. The van der Waals surface area contributed by atoms with E-state index >= 15 is 0 Å². The van der Waals surface area contributed by atoms with Crippen LogP contribution in [0.1, 0.15) is 31.9 Å². The Morgan fingerprint density at radius 1 is 1.33 bits per heavy atom. The summed E-state index contributed by atoms with van der Waals surface area (Å²) in [6, 6.07) is 8.09. The summed E-state index contributed by atoms with van der Waals surface area (Å²) in [4.78, 5) is 11.2. The summed E-state index contributed by atoms with van der Waals surface area (Å²) < 4.78 is 9.97. The number of hydrogen-bond acceptors (Lipinski definition) is 4. The molecule has 0 saturated heterocycles. The molecule has 1 rings (SSSR count). The maximum atomic E-state index is 11.2. The predicted molar refractivity (Wildman–Crippen MR) is 70.7 cm³/mol. The SMILES string of the molecule is CCOC(=O)CCN[C@@H](C)c1ccc(OC)cc1. The molecule has 0 fully saturated rings. The average molecular weight is 251 g/mol. The van der Waals surface area contributed by atoms with Gasteiger partial charge in [0, 0.05) is 12.6 Å². The van der Waals surface area contributed by atoms with Gasteiger partial charge in [-0.2, -0.15) is 0 Å². The zero-order valence-electron chi connectivity index (χ0n) is 11.2. The minimum atomic E-state index is -0.160. The van der Waals surface area contributed by atoms with E-state index < -0.39 is 0 Å². The van der Waals surface area contributed by atoms with E-state index in [1.54, 1.807) is 7.11 Å². The predicted octanol–water partition coefficient (Wildman–Crippen LogP) is 2.30. The first-order valence-electron chi connectivity index (χ1n) is 6.20. The topological polar surface area (TPSA) is 47.6 Å². The fraction of sp³-hybridized carbons (Fsp3) is 0.500. The molecule has 18 heavy (non-hydrogen) atoms. The van der Waals surface area contributed by atoms with Crippen LogP contribution in [0.15, 0.2) is 24.3 Å². The van der Waals surface area contributed by atoms with Crippen LogP contribution in [0.4, 0.5) is 0 Å². The number of carbonyl (C=O) groups excluding carboxylic acids is 1. The van der Waals surface area contributed by atoms with Gasteiger partial charge in [-0.05, 0) is 31.5 Å². The van der Waals surface area contributed by atoms with Crippen molar-refractivity contribution in [1.29, 1.82) is 0 Å². The van der Waals surface area contributed by atoms with Gasteiger partial charge in [0.05, 0.1) is 20.1 Å². The van der Waals surface area contributed by atoms with Gasteiger partial charge < -0.3 is 14.8 Å². The van der Waals surface area contributed by atoms with E-state index in [4.69, 9.17) is 9.47 Å². The molecule has 0 radical (unpaired) electrons. The molecule has 0 bridgehead atoms. The molecule has 0 aliphatic carbocycles. The van der Waals surface area contributed by atoms with Crippen molar-refractivity contribution in [2.24, 2.45) is 0 Å². The third-order valence-corrected chi connectivity index (χ3v) is 2.70. The van der Waals surface area contributed by atoms with Gasteiger partial charge in [0.2, 0.25) is 0 Å². The Morgan fingerprint density at radius 3 is 2.56 bits per heavy atom. The molecule has 0 spiro atoms. The summed E-state index contributed by atoms with van der Waals surface area (Å²) in [5.41, 5.74) is 1.17. The van der Waals surface area contributed by atoms with Crippen LogP contribution >= 0.6 is 0 Å². The monoisotopic (exact) mass is 251 g/mol. The van der Waals surface area contributed by atoms with Crippen molar-refractivity contribution in [1.82, 2.24) is 5.32 Å². The third-order valence-electron chi connectivity index (χ3n) is 2.70. The highest BCUT2D eigenvalue weighted by Crippen LogP contribution is 2.16. The Kier molecular flexibility index (Phi) is 6.22. The van der Waals surface area contributed by atoms with Crippen molar-refractivity contribution >= 4 is 5.97 Å². The summed E-state index contributed by atoms with van der Waals surface area (Å²) in [5.74, 6) is 0.685. The first kappa shape index (κ1) is 14.5. The highest BCUT2D eigenvalue weighted by molar-refractivity contribution is 5.69. The van der Waals surface area contributed by atoms with Gasteiger partial charge in [0.25, 0.3) is 0 Å². The van der Waals surface area contributed by atoms with Gasteiger partial charge in [-0.3, -0.25) is 4.79 Å². The van der Waals surface area contributed by atoms with Gasteiger partial charge in [-0.1, -0.05) is 12.1 Å². The smallest absolute Gasteiger partial charge is 0.307 e. The second-order valence-corrected chi connectivity index (χ2v) is 4.00. The number of carbonyl (C=O) groups is 1. The van der Waals surface area contributed by atoms with Crippen molar-refractivity contribution in [3.05, 3.63) is 29.8 Å². The van der Waals surface area contributed by atoms with E-state index in [1.165, 1.54) is 5.56 Å². The van der Waals surface area contributed by atoms with Crippen LogP contribution in [0.3, 0.4) is 0 Å². The molecule has 0 heterocycles. The highest BCUT2D eigenvalue weighted by atomic mass is 16.5. The summed E-state index contributed by atoms with van der Waals surface area (Å²) in [5, 5.41) is 3.28. The molecule has 4 heteroatoms. The van der Waals surface area contributed by atoms with Gasteiger partial charge in [0.1, 0.15) is 5.75 Å². The molecule has 0 amide bonds. The van der Waals surface area contributed by atoms with E-state index in [0.717, 1.165) is 5.75 Å². The van der Waals surface area contributed by atoms with Crippen LogP contribution < -0.4 is 10.1 Å². The second kappa shape index (κ2) is 7.71. The molecule has 1 N–H and O–H groups in total. The van der Waals surface area contributed by atoms with E-state index in [-0.39, 0.29) is 12.0 Å². The number of rotatable bonds is 7. The minimum absolute atomic E-state index is 0.160. The Bertz CT molecular complexity index is 362. The lowest BCUT2D eigenvalue weighted by molar-refractivity contribution is -0.143. The van der Waals surface area contributed by atoms with Crippen molar-refractivity contribution in [3.8, 4) is 5.75 Å². The molecule has 0 aliphatic rings. The molecular formula is C14H21NO3. The van der Waals surface area contributed by atoms with E-state index in [0.29, 0.717) is 19.6 Å². The summed E-state index contributed by atoms with van der Waals surface area (Å²) in [6.45, 7) is 4.93. The third kappa shape index (κ3) is 4.75. The Balaban J connectivity index is 2.35. The number of esters is 1. The molecule has 1 aromatic carbocycles. The van der Waals surface area contributed by atoms with Crippen molar-refractivity contribution in [3.63, 3.8) is 0 Å². The van der Waals surface area contributed by atoms with E-state index in [9.17, 15) is 4.79 Å². The molecule has 0 aliphatic heterocycles. The molecule has 1 atom stereocenters. The molecule has 0 unspecified atom stereocenters. The van der Waals surface area contributed by atoms with Gasteiger partial charge >= 0.3 is 5.97 Å². The van der Waals surface area contributed by atoms with Crippen molar-refractivity contribution in [2.75, 3.05) is 20.3 Å². The average Bonchev–Trinajstić information content (AvgIpc) is 2.39. The maximum Gasteiger partial charge on any atom is 0.307 e. The maximum absolute atomic E-state index is 11.2. The van der Waals surface area contributed by atoms with Crippen LogP contribution in [0.5, 0.6) is 5.75 Å². The lowest BCUT2D eigenvalue weighted by Gasteiger charge is -2.14. The van der Waals surface area contributed by atoms with E-state index in [2.05, 4.69) is 12.2 Å². The Morgan fingerprint density at radius 2 is 2.00 bits per heavy atom. The molecule has 100 valence electrons. The van der Waals surface area contributed by atoms with Crippen LogP contribution in [-0.2, 0) is 9.53 Å². The molecule has 1 aromatic rings. The zero-order chi connectivity index (χ0) is 13.4. The molecule has 4 nitrogen and oxygen atoms in total. The largest absolute Gasteiger partial charge is 0.497 e. The number of benzene rings is 1. The molecule has 0 saturated carbocycles. The molecule has 0 aromatic heterocycles. The van der Waals surface area contributed by atoms with Crippen LogP contribution in [0.2, 0.25) is 0 Å². The summed E-state index contributed by atoms with van der Waals surface area (Å²) >= 11 is 0. The van der Waals surface area contributed by atoms with Crippen molar-refractivity contribution < 1.29 is 14.3 Å². The fourth-order valence-corrected chi connectivity index (χ4v) is 1.63. The van der Waals surface area contributed by atoms with Crippen molar-refractivity contribution in [2.45, 2.75) is 26.3 Å². The lowest BCUT2D eigenvalue weighted by Crippen LogP contribution is -2.22. The normalized spacial score (nSPS) is 11.9. The van der Waals surface area contributed by atoms with E-state index in [1.807, 2.05) is 31.2 Å². The van der Waals surface area contributed by atoms with Gasteiger partial charge in [0.15, 0.2) is 0 Å². The van der Waals surface area contributed by atoms with Crippen LogP contribution in [0.25, 0.3) is 0 Å². The first-order valence-corrected chi connectivity index (χ1v) is 6.20. The molecular weight excluding hydrogens is 230 g/mol. The number of hydrogen-bond donors (Lipinski definition) is 1. The number of nitrogens with one attached hydrogen (secondary N) is 1. The number of methoxy groups -OCH3 is 1. The minimum Gasteiger partial charge on any atom is -0.497 e. The summed E-state index contributed by atoms with van der Waals surface area (Å²) in [6.07, 6.45) is 0.397. The van der Waals surface area contributed by atoms with Crippen LogP contribution in [-0.4, -0.2) is 26.2 Å². The first-order chi connectivity index (χ1) is 8.67. The van der Waals surface area contributed by atoms with Gasteiger partial charge in [-0.15, -0.1) is 0 Å². The Hall–Kier alpha value is -1.55. The standard InChI is InChI=1S/C14H21NO3/c1-4-18-14(16)9-10-15-11(2)12-5-7-13(17-3)8-6-12/h5-8,11,15H,4,9-10H2,1-3H3/t11-/m0/s1. The highest BCUT2D eigenvalue weighted by Gasteiger charge is 2.06.